The summed E-state index contributed by atoms with van der Waals surface area (Å²) in [5.41, 5.74) is 2.55. The summed E-state index contributed by atoms with van der Waals surface area (Å²) in [6, 6.07) is 1.80. The summed E-state index contributed by atoms with van der Waals surface area (Å²) in [6.07, 6.45) is 0.587. The van der Waals surface area contributed by atoms with E-state index in [9.17, 15) is 0 Å². The normalized spacial score (nSPS) is 19.9. The van der Waals surface area contributed by atoms with Gasteiger partial charge in [0.15, 0.2) is 0 Å². The van der Waals surface area contributed by atoms with Crippen LogP contribution in [-0.4, -0.2) is 47.5 Å². The lowest BCUT2D eigenvalue weighted by molar-refractivity contribution is 0.00335. The van der Waals surface area contributed by atoms with Crippen molar-refractivity contribution in [2.45, 2.75) is 19.4 Å². The van der Waals surface area contributed by atoms with Crippen molar-refractivity contribution in [2.24, 2.45) is 5.84 Å². The van der Waals surface area contributed by atoms with Gasteiger partial charge in [0.05, 0.1) is 19.3 Å². The summed E-state index contributed by atoms with van der Waals surface area (Å²) in [5, 5.41) is 9.14. The Hall–Kier alpha value is -1.44. The molecule has 0 amide bonds. The average Bonchev–Trinajstić information content (AvgIpc) is 2.46. The zero-order valence-corrected chi connectivity index (χ0v) is 10.5. The lowest BCUT2D eigenvalue weighted by atomic mass is 10.3. The van der Waals surface area contributed by atoms with E-state index in [4.69, 9.17) is 15.7 Å². The van der Waals surface area contributed by atoms with Crippen LogP contribution in [0.5, 0.6) is 0 Å². The fraction of sp³-hybridized carbons (Fsp3) is 0.636. The van der Waals surface area contributed by atoms with Gasteiger partial charge in [-0.3, -0.25) is 0 Å². The molecule has 7 nitrogen and oxygen atoms in total. The van der Waals surface area contributed by atoms with E-state index < -0.39 is 0 Å². The van der Waals surface area contributed by atoms with E-state index in [0.717, 1.165) is 24.6 Å². The zero-order valence-electron chi connectivity index (χ0n) is 10.5. The summed E-state index contributed by atoms with van der Waals surface area (Å²) in [7, 11) is 0. The summed E-state index contributed by atoms with van der Waals surface area (Å²) in [6.45, 7) is 3.98. The van der Waals surface area contributed by atoms with Crippen LogP contribution in [-0.2, 0) is 11.2 Å². The minimum absolute atomic E-state index is 0.0181. The molecule has 1 aliphatic heterocycles. The first-order chi connectivity index (χ1) is 8.76. The van der Waals surface area contributed by atoms with E-state index in [1.54, 1.807) is 6.07 Å². The molecule has 0 bridgehead atoms. The van der Waals surface area contributed by atoms with E-state index in [0.29, 0.717) is 19.0 Å². The molecular weight excluding hydrogens is 234 g/mol. The highest BCUT2D eigenvalue weighted by Gasteiger charge is 2.21. The summed E-state index contributed by atoms with van der Waals surface area (Å²) in [5.74, 6) is 7.56. The molecule has 1 aromatic rings. The molecule has 0 spiro atoms. The van der Waals surface area contributed by atoms with Crippen molar-refractivity contribution >= 4 is 11.6 Å². The van der Waals surface area contributed by atoms with Crippen LogP contribution in [0.4, 0.5) is 11.6 Å². The molecule has 4 N–H and O–H groups in total. The Labute approximate surface area is 106 Å². The molecule has 1 saturated heterocycles. The van der Waals surface area contributed by atoms with Gasteiger partial charge in [-0.05, 0) is 0 Å². The molecular formula is C11H19N5O2. The first kappa shape index (κ1) is 13.0. The Morgan fingerprint density at radius 1 is 1.61 bits per heavy atom. The monoisotopic (exact) mass is 253 g/mol. The van der Waals surface area contributed by atoms with Crippen molar-refractivity contribution in [1.82, 2.24) is 9.97 Å². The highest BCUT2D eigenvalue weighted by Crippen LogP contribution is 2.18. The van der Waals surface area contributed by atoms with E-state index in [1.807, 2.05) is 6.92 Å². The van der Waals surface area contributed by atoms with Crippen LogP contribution in [0.15, 0.2) is 6.07 Å². The molecule has 1 unspecified atom stereocenters. The predicted octanol–water partition coefficient (Wildman–Crippen LogP) is -0.478. The molecule has 100 valence electrons. The number of hydrogen-bond acceptors (Lipinski definition) is 7. The largest absolute Gasteiger partial charge is 0.394 e. The Bertz CT molecular complexity index is 379. The van der Waals surface area contributed by atoms with E-state index in [1.165, 1.54) is 0 Å². The molecule has 2 rings (SSSR count). The third-order valence-electron chi connectivity index (χ3n) is 2.89. The summed E-state index contributed by atoms with van der Waals surface area (Å²) < 4.78 is 5.42. The van der Waals surface area contributed by atoms with Gasteiger partial charge in [0, 0.05) is 25.6 Å². The number of hydrazine groups is 1. The topological polar surface area (TPSA) is 96.5 Å². The van der Waals surface area contributed by atoms with Crippen LogP contribution in [0.25, 0.3) is 0 Å². The van der Waals surface area contributed by atoms with Crippen molar-refractivity contribution in [1.29, 1.82) is 0 Å². The third-order valence-corrected chi connectivity index (χ3v) is 2.89. The molecule has 1 aliphatic rings. The molecule has 1 aromatic heterocycles. The summed E-state index contributed by atoms with van der Waals surface area (Å²) in [4.78, 5) is 10.8. The van der Waals surface area contributed by atoms with Crippen LogP contribution >= 0.6 is 0 Å². The number of hydrogen-bond donors (Lipinski definition) is 3. The van der Waals surface area contributed by atoms with Crippen molar-refractivity contribution < 1.29 is 9.84 Å². The Morgan fingerprint density at radius 2 is 2.44 bits per heavy atom. The maximum Gasteiger partial charge on any atom is 0.145 e. The smallest absolute Gasteiger partial charge is 0.145 e. The van der Waals surface area contributed by atoms with Crippen molar-refractivity contribution in [3.8, 4) is 0 Å². The van der Waals surface area contributed by atoms with Crippen molar-refractivity contribution in [3.05, 3.63) is 11.9 Å². The Kier molecular flexibility index (Phi) is 4.29. The molecule has 2 heterocycles. The Morgan fingerprint density at radius 3 is 3.11 bits per heavy atom. The number of ether oxygens (including phenoxy) is 1. The van der Waals surface area contributed by atoms with Crippen LogP contribution in [0, 0.1) is 0 Å². The molecule has 7 heteroatoms. The quantitative estimate of drug-likeness (QED) is 0.492. The number of anilines is 2. The fourth-order valence-electron chi connectivity index (χ4n) is 1.92. The number of aromatic nitrogens is 2. The number of aliphatic hydroxyl groups is 1. The summed E-state index contributed by atoms with van der Waals surface area (Å²) >= 11 is 0. The number of rotatable bonds is 4. The maximum atomic E-state index is 9.14. The first-order valence-corrected chi connectivity index (χ1v) is 6.08. The van der Waals surface area contributed by atoms with Gasteiger partial charge < -0.3 is 20.2 Å². The second kappa shape index (κ2) is 5.94. The SMILES string of the molecule is CCc1nc(NN)cc(N2CCOC(CO)C2)n1. The molecule has 1 atom stereocenters. The van der Waals surface area contributed by atoms with Gasteiger partial charge in [0.1, 0.15) is 17.5 Å². The second-order valence-electron chi connectivity index (χ2n) is 4.15. The average molecular weight is 253 g/mol. The lowest BCUT2D eigenvalue weighted by Gasteiger charge is -2.33. The molecule has 18 heavy (non-hydrogen) atoms. The predicted molar refractivity (Wildman–Crippen MR) is 68.3 cm³/mol. The first-order valence-electron chi connectivity index (χ1n) is 6.08. The molecule has 0 radical (unpaired) electrons. The number of nitrogens with zero attached hydrogens (tertiary/aromatic N) is 3. The molecule has 0 saturated carbocycles. The van der Waals surface area contributed by atoms with Crippen molar-refractivity contribution in [2.75, 3.05) is 36.6 Å². The standard InChI is InChI=1S/C11H19N5O2/c1-2-9-13-10(15-12)5-11(14-9)16-3-4-18-8(6-16)7-17/h5,8,17H,2-4,6-7,12H2,1H3,(H,13,14,15). The second-order valence-corrected chi connectivity index (χ2v) is 4.15. The lowest BCUT2D eigenvalue weighted by Crippen LogP contribution is -2.44. The van der Waals surface area contributed by atoms with Crippen molar-refractivity contribution in [3.63, 3.8) is 0 Å². The van der Waals surface area contributed by atoms with Gasteiger partial charge in [0.2, 0.25) is 0 Å². The minimum Gasteiger partial charge on any atom is -0.394 e. The van der Waals surface area contributed by atoms with Crippen LogP contribution in [0.2, 0.25) is 0 Å². The highest BCUT2D eigenvalue weighted by molar-refractivity contribution is 5.49. The van der Waals surface area contributed by atoms with Gasteiger partial charge in [-0.15, -0.1) is 0 Å². The number of aliphatic hydroxyl groups excluding tert-OH is 1. The molecule has 0 aromatic carbocycles. The van der Waals surface area contributed by atoms with E-state index in [-0.39, 0.29) is 12.7 Å². The van der Waals surface area contributed by atoms with Gasteiger partial charge >= 0.3 is 0 Å². The van der Waals surface area contributed by atoms with E-state index >= 15 is 0 Å². The van der Waals surface area contributed by atoms with Gasteiger partial charge in [-0.2, -0.15) is 0 Å². The molecule has 1 fully saturated rings. The van der Waals surface area contributed by atoms with E-state index in [2.05, 4.69) is 20.3 Å². The number of nitrogen functional groups attached to an aromatic ring is 1. The van der Waals surface area contributed by atoms with Gasteiger partial charge in [-0.1, -0.05) is 6.92 Å². The number of morpholine rings is 1. The third kappa shape index (κ3) is 2.87. The number of aryl methyl sites for hydroxylation is 1. The van der Waals surface area contributed by atoms with Gasteiger partial charge in [-0.25, -0.2) is 15.8 Å². The number of nitrogens with two attached hydrogens (primary N) is 1. The fourth-order valence-corrected chi connectivity index (χ4v) is 1.92. The minimum atomic E-state index is -0.159. The van der Waals surface area contributed by atoms with Gasteiger partial charge in [0.25, 0.3) is 0 Å². The zero-order chi connectivity index (χ0) is 13.0. The van der Waals surface area contributed by atoms with Crippen LogP contribution < -0.4 is 16.2 Å². The molecule has 0 aliphatic carbocycles. The Balaban J connectivity index is 2.20. The van der Waals surface area contributed by atoms with Crippen LogP contribution in [0.3, 0.4) is 0 Å². The highest BCUT2D eigenvalue weighted by atomic mass is 16.5. The number of nitrogens with one attached hydrogen (secondary N) is 1. The van der Waals surface area contributed by atoms with Crippen LogP contribution in [0.1, 0.15) is 12.7 Å². The maximum absolute atomic E-state index is 9.14.